The molecule has 26 heavy (non-hydrogen) atoms. The van der Waals surface area contributed by atoms with Crippen LogP contribution in [-0.2, 0) is 10.0 Å². The average molecular weight is 372 g/mol. The number of rotatable bonds is 5. The molecule has 7 heteroatoms. The number of sulfonamides is 1. The molecule has 0 atom stereocenters. The molecule has 1 aromatic heterocycles. The van der Waals surface area contributed by atoms with E-state index in [0.29, 0.717) is 11.3 Å². The molecule has 0 aliphatic carbocycles. The van der Waals surface area contributed by atoms with E-state index in [0.717, 1.165) is 17.2 Å². The highest BCUT2D eigenvalue weighted by Crippen LogP contribution is 2.29. The van der Waals surface area contributed by atoms with Gasteiger partial charge in [-0.1, -0.05) is 24.3 Å². The summed E-state index contributed by atoms with van der Waals surface area (Å²) in [6.45, 7) is 1.60. The monoisotopic (exact) mass is 372 g/mol. The Morgan fingerprint density at radius 3 is 2.54 bits per heavy atom. The van der Waals surface area contributed by atoms with Crippen LogP contribution in [0.3, 0.4) is 0 Å². The number of methoxy groups -OCH3 is 1. The van der Waals surface area contributed by atoms with Gasteiger partial charge in [-0.25, -0.2) is 17.8 Å². The van der Waals surface area contributed by atoms with E-state index < -0.39 is 15.8 Å². The van der Waals surface area contributed by atoms with Gasteiger partial charge in [-0.2, -0.15) is 0 Å². The molecule has 134 valence electrons. The van der Waals surface area contributed by atoms with E-state index >= 15 is 0 Å². The van der Waals surface area contributed by atoms with Gasteiger partial charge in [0.05, 0.1) is 12.0 Å². The number of halogens is 1. The molecule has 1 heterocycles. The van der Waals surface area contributed by atoms with Gasteiger partial charge in [0, 0.05) is 17.3 Å². The molecule has 0 spiro atoms. The van der Waals surface area contributed by atoms with E-state index in [1.807, 2.05) is 24.3 Å². The highest BCUT2D eigenvalue weighted by molar-refractivity contribution is 7.92. The van der Waals surface area contributed by atoms with Crippen LogP contribution < -0.4 is 9.46 Å². The summed E-state index contributed by atoms with van der Waals surface area (Å²) in [5.74, 6) is 0.223. The zero-order chi connectivity index (χ0) is 18.7. The summed E-state index contributed by atoms with van der Waals surface area (Å²) in [4.78, 5) is 4.04. The lowest BCUT2D eigenvalue weighted by atomic mass is 10.1. The molecule has 5 nitrogen and oxygen atoms in total. The predicted molar refractivity (Wildman–Crippen MR) is 98.2 cm³/mol. The first kappa shape index (κ1) is 17.9. The summed E-state index contributed by atoms with van der Waals surface area (Å²) in [6, 6.07) is 14.4. The van der Waals surface area contributed by atoms with Gasteiger partial charge in [0.15, 0.2) is 0 Å². The third kappa shape index (κ3) is 3.67. The van der Waals surface area contributed by atoms with E-state index in [-0.39, 0.29) is 10.7 Å². The Morgan fingerprint density at radius 2 is 1.85 bits per heavy atom. The number of nitrogens with zero attached hydrogens (tertiary/aromatic N) is 1. The van der Waals surface area contributed by atoms with Crippen molar-refractivity contribution in [2.45, 2.75) is 11.8 Å². The van der Waals surface area contributed by atoms with Crippen LogP contribution in [-0.4, -0.2) is 20.5 Å². The number of aryl methyl sites for hydroxylation is 1. The Bertz CT molecular complexity index is 1030. The lowest BCUT2D eigenvalue weighted by Crippen LogP contribution is -2.15. The number of nitrogens with one attached hydrogen (secondary N) is 1. The molecule has 0 bridgehead atoms. The molecule has 2 aromatic carbocycles. The SMILES string of the molecule is COc1ccccc1-c1ccc(NS(=O)(=O)c2cc(F)ccc2C)nc1. The lowest BCUT2D eigenvalue weighted by Gasteiger charge is -2.11. The van der Waals surface area contributed by atoms with E-state index in [4.69, 9.17) is 4.74 Å². The van der Waals surface area contributed by atoms with Gasteiger partial charge in [0.1, 0.15) is 17.4 Å². The maximum atomic E-state index is 13.4. The summed E-state index contributed by atoms with van der Waals surface area (Å²) in [5.41, 5.74) is 2.08. The Morgan fingerprint density at radius 1 is 1.08 bits per heavy atom. The number of aromatic nitrogens is 1. The number of hydrogen-bond donors (Lipinski definition) is 1. The van der Waals surface area contributed by atoms with Crippen LogP contribution in [0.1, 0.15) is 5.56 Å². The van der Waals surface area contributed by atoms with Crippen LogP contribution >= 0.6 is 0 Å². The second-order valence-electron chi connectivity index (χ2n) is 5.65. The summed E-state index contributed by atoms with van der Waals surface area (Å²) >= 11 is 0. The Kier molecular flexibility index (Phi) is 4.90. The van der Waals surface area contributed by atoms with E-state index in [1.54, 1.807) is 32.4 Å². The summed E-state index contributed by atoms with van der Waals surface area (Å²) in [6.07, 6.45) is 1.55. The van der Waals surface area contributed by atoms with Crippen LogP contribution in [0.2, 0.25) is 0 Å². The highest BCUT2D eigenvalue weighted by Gasteiger charge is 2.18. The fourth-order valence-corrected chi connectivity index (χ4v) is 3.82. The molecule has 0 aliphatic rings. The van der Waals surface area contributed by atoms with Gasteiger partial charge in [-0.15, -0.1) is 0 Å². The maximum absolute atomic E-state index is 13.4. The fourth-order valence-electron chi connectivity index (χ4n) is 2.55. The van der Waals surface area contributed by atoms with Gasteiger partial charge in [-0.05, 0) is 42.8 Å². The first-order valence-corrected chi connectivity index (χ1v) is 9.27. The molecular weight excluding hydrogens is 355 g/mol. The molecule has 0 saturated heterocycles. The smallest absolute Gasteiger partial charge is 0.263 e. The molecule has 3 rings (SSSR count). The van der Waals surface area contributed by atoms with Crippen LogP contribution in [0.25, 0.3) is 11.1 Å². The Balaban J connectivity index is 1.89. The number of benzene rings is 2. The van der Waals surface area contributed by atoms with Crippen molar-refractivity contribution in [2.75, 3.05) is 11.8 Å². The van der Waals surface area contributed by atoms with Crippen LogP contribution in [0.5, 0.6) is 5.75 Å². The normalized spacial score (nSPS) is 11.2. The van der Waals surface area contributed by atoms with Crippen LogP contribution in [0, 0.1) is 12.7 Å². The highest BCUT2D eigenvalue weighted by atomic mass is 32.2. The zero-order valence-corrected chi connectivity index (χ0v) is 15.0. The number of anilines is 1. The molecule has 0 saturated carbocycles. The van der Waals surface area contributed by atoms with Crippen molar-refractivity contribution in [3.05, 3.63) is 72.2 Å². The minimum absolute atomic E-state index is 0.117. The summed E-state index contributed by atoms with van der Waals surface area (Å²) in [7, 11) is -2.35. The van der Waals surface area contributed by atoms with Crippen molar-refractivity contribution >= 4 is 15.8 Å². The van der Waals surface area contributed by atoms with Crippen molar-refractivity contribution in [1.29, 1.82) is 0 Å². The predicted octanol–water partition coefficient (Wildman–Crippen LogP) is 4.01. The molecule has 0 fully saturated rings. The topological polar surface area (TPSA) is 68.3 Å². The van der Waals surface area contributed by atoms with E-state index in [1.165, 1.54) is 12.1 Å². The average Bonchev–Trinajstić information content (AvgIpc) is 2.64. The van der Waals surface area contributed by atoms with Gasteiger partial charge in [-0.3, -0.25) is 4.72 Å². The van der Waals surface area contributed by atoms with E-state index in [2.05, 4.69) is 9.71 Å². The van der Waals surface area contributed by atoms with Crippen LogP contribution in [0.4, 0.5) is 10.2 Å². The number of pyridine rings is 1. The zero-order valence-electron chi connectivity index (χ0n) is 14.2. The standard InChI is InChI=1S/C19H17FN2O3S/c1-13-7-9-15(20)11-18(13)26(23,24)22-19-10-8-14(12-21-19)16-5-3-4-6-17(16)25-2/h3-12H,1-2H3,(H,21,22). The van der Waals surface area contributed by atoms with Crippen molar-refractivity contribution in [3.63, 3.8) is 0 Å². The molecule has 1 N–H and O–H groups in total. The van der Waals surface area contributed by atoms with Crippen LogP contribution in [0.15, 0.2) is 65.7 Å². The van der Waals surface area contributed by atoms with E-state index in [9.17, 15) is 12.8 Å². The quantitative estimate of drug-likeness (QED) is 0.735. The number of hydrogen-bond acceptors (Lipinski definition) is 4. The van der Waals surface area contributed by atoms with Gasteiger partial charge >= 0.3 is 0 Å². The molecule has 3 aromatic rings. The first-order valence-electron chi connectivity index (χ1n) is 7.79. The fraction of sp³-hybridized carbons (Fsp3) is 0.105. The van der Waals surface area contributed by atoms with Crippen molar-refractivity contribution < 1.29 is 17.5 Å². The second-order valence-corrected chi connectivity index (χ2v) is 7.30. The number of ether oxygens (including phenoxy) is 1. The van der Waals surface area contributed by atoms with Crippen molar-refractivity contribution in [3.8, 4) is 16.9 Å². The van der Waals surface area contributed by atoms with Gasteiger partial charge in [0.2, 0.25) is 0 Å². The minimum Gasteiger partial charge on any atom is -0.496 e. The van der Waals surface area contributed by atoms with Gasteiger partial charge < -0.3 is 4.74 Å². The third-order valence-corrected chi connectivity index (χ3v) is 5.36. The van der Waals surface area contributed by atoms with Gasteiger partial charge in [0.25, 0.3) is 10.0 Å². The Hall–Kier alpha value is -2.93. The first-order chi connectivity index (χ1) is 12.4. The number of para-hydroxylation sites is 1. The molecule has 0 aliphatic heterocycles. The maximum Gasteiger partial charge on any atom is 0.263 e. The molecule has 0 amide bonds. The van der Waals surface area contributed by atoms with Crippen molar-refractivity contribution in [1.82, 2.24) is 4.98 Å². The third-order valence-electron chi connectivity index (χ3n) is 3.86. The Labute approximate surface area is 151 Å². The largest absolute Gasteiger partial charge is 0.496 e. The summed E-state index contributed by atoms with van der Waals surface area (Å²) in [5, 5.41) is 0. The lowest BCUT2D eigenvalue weighted by molar-refractivity contribution is 0.416. The van der Waals surface area contributed by atoms with Crippen molar-refractivity contribution in [2.24, 2.45) is 0 Å². The second kappa shape index (κ2) is 7.13. The molecular formula is C19H17FN2O3S. The molecule has 0 radical (unpaired) electrons. The minimum atomic E-state index is -3.93. The molecule has 0 unspecified atom stereocenters. The summed E-state index contributed by atoms with van der Waals surface area (Å²) < 4.78 is 46.1.